The minimum atomic E-state index is -0.564. The number of benzene rings is 2. The quantitative estimate of drug-likeness (QED) is 0.842. The monoisotopic (exact) mass is 392 g/mol. The van der Waals surface area contributed by atoms with E-state index >= 15 is 0 Å². The summed E-state index contributed by atoms with van der Waals surface area (Å²) in [5.74, 6) is 0.477. The molecule has 0 aromatic heterocycles. The van der Waals surface area contributed by atoms with Crippen LogP contribution in [0, 0.1) is 5.92 Å². The SMILES string of the molecule is CC(Oc1ccc2c(c1)CCC2)C(=O)N1CCCC(C(=O)Nc2ccccc2)C1. The molecule has 0 saturated carbocycles. The lowest BCUT2D eigenvalue weighted by Crippen LogP contribution is -2.48. The fraction of sp³-hybridized carbons (Fsp3) is 0.417. The second kappa shape index (κ2) is 8.68. The molecule has 0 radical (unpaired) electrons. The van der Waals surface area contributed by atoms with E-state index in [0.717, 1.165) is 37.1 Å². The van der Waals surface area contributed by atoms with E-state index in [-0.39, 0.29) is 17.7 Å². The molecule has 2 aliphatic rings. The fourth-order valence-electron chi connectivity index (χ4n) is 4.29. The highest BCUT2D eigenvalue weighted by atomic mass is 16.5. The van der Waals surface area contributed by atoms with Crippen molar-refractivity contribution in [3.8, 4) is 5.75 Å². The average Bonchev–Trinajstić information content (AvgIpc) is 3.22. The van der Waals surface area contributed by atoms with Crippen molar-refractivity contribution < 1.29 is 14.3 Å². The third kappa shape index (κ3) is 4.61. The first kappa shape index (κ1) is 19.5. The number of anilines is 1. The van der Waals surface area contributed by atoms with Crippen LogP contribution in [0.15, 0.2) is 48.5 Å². The molecular formula is C24H28N2O3. The topological polar surface area (TPSA) is 58.6 Å². The molecule has 2 aromatic carbocycles. The van der Waals surface area contributed by atoms with Gasteiger partial charge >= 0.3 is 0 Å². The van der Waals surface area contributed by atoms with Crippen molar-refractivity contribution in [3.05, 3.63) is 59.7 Å². The molecule has 1 fully saturated rings. The minimum absolute atomic E-state index is 0.0270. The van der Waals surface area contributed by atoms with Crippen molar-refractivity contribution in [2.45, 2.75) is 45.1 Å². The number of fused-ring (bicyclic) bond motifs is 1. The van der Waals surface area contributed by atoms with Crippen molar-refractivity contribution in [1.82, 2.24) is 4.90 Å². The zero-order chi connectivity index (χ0) is 20.2. The molecule has 2 unspecified atom stereocenters. The van der Waals surface area contributed by atoms with E-state index in [9.17, 15) is 9.59 Å². The molecule has 2 amide bonds. The first-order chi connectivity index (χ1) is 14.1. The molecular weight excluding hydrogens is 364 g/mol. The molecule has 0 bridgehead atoms. The van der Waals surface area contributed by atoms with Crippen molar-refractivity contribution in [1.29, 1.82) is 0 Å². The molecule has 2 aromatic rings. The summed E-state index contributed by atoms with van der Waals surface area (Å²) in [6, 6.07) is 15.6. The van der Waals surface area contributed by atoms with Crippen LogP contribution in [0.5, 0.6) is 5.75 Å². The van der Waals surface area contributed by atoms with Crippen LogP contribution in [-0.4, -0.2) is 35.9 Å². The molecule has 1 heterocycles. The lowest BCUT2D eigenvalue weighted by Gasteiger charge is -2.33. The summed E-state index contributed by atoms with van der Waals surface area (Å²) in [4.78, 5) is 27.3. The Morgan fingerprint density at radius 1 is 1.07 bits per heavy atom. The number of amides is 2. The van der Waals surface area contributed by atoms with Gasteiger partial charge in [0.05, 0.1) is 5.92 Å². The maximum atomic E-state index is 12.9. The Morgan fingerprint density at radius 3 is 2.69 bits per heavy atom. The van der Waals surface area contributed by atoms with Gasteiger partial charge in [-0.1, -0.05) is 24.3 Å². The fourth-order valence-corrected chi connectivity index (χ4v) is 4.29. The summed E-state index contributed by atoms with van der Waals surface area (Å²) in [5, 5.41) is 2.96. The zero-order valence-electron chi connectivity index (χ0n) is 16.9. The van der Waals surface area contributed by atoms with Gasteiger partial charge in [-0.2, -0.15) is 0 Å². The summed E-state index contributed by atoms with van der Waals surface area (Å²) in [6.07, 6.45) is 4.45. The van der Waals surface area contributed by atoms with Crippen molar-refractivity contribution in [2.24, 2.45) is 5.92 Å². The van der Waals surface area contributed by atoms with Crippen LogP contribution in [0.25, 0.3) is 0 Å². The normalized spacial score (nSPS) is 19.3. The number of piperidine rings is 1. The molecule has 1 saturated heterocycles. The van der Waals surface area contributed by atoms with Crippen LogP contribution in [0.4, 0.5) is 5.69 Å². The van der Waals surface area contributed by atoms with E-state index < -0.39 is 6.10 Å². The molecule has 5 heteroatoms. The summed E-state index contributed by atoms with van der Waals surface area (Å²) in [7, 11) is 0. The highest BCUT2D eigenvalue weighted by molar-refractivity contribution is 5.93. The third-order valence-electron chi connectivity index (χ3n) is 5.88. The van der Waals surface area contributed by atoms with Gasteiger partial charge in [-0.3, -0.25) is 9.59 Å². The van der Waals surface area contributed by atoms with Gasteiger partial charge in [0.15, 0.2) is 6.10 Å². The van der Waals surface area contributed by atoms with Crippen molar-refractivity contribution >= 4 is 17.5 Å². The summed E-state index contributed by atoms with van der Waals surface area (Å²) in [5.41, 5.74) is 3.51. The Bertz CT molecular complexity index is 881. The predicted octanol–water partition coefficient (Wildman–Crippen LogP) is 3.82. The number of hydrogen-bond acceptors (Lipinski definition) is 3. The Balaban J connectivity index is 1.34. The minimum Gasteiger partial charge on any atom is -0.481 e. The van der Waals surface area contributed by atoms with Gasteiger partial charge in [0.25, 0.3) is 5.91 Å². The number of nitrogens with one attached hydrogen (secondary N) is 1. The standard InChI is InChI=1S/C24H28N2O3/c1-17(29-22-13-12-18-7-5-8-19(18)15-22)24(28)26-14-6-9-20(16-26)23(27)25-21-10-3-2-4-11-21/h2-4,10-13,15,17,20H,5-9,14,16H2,1H3,(H,25,27). The largest absolute Gasteiger partial charge is 0.481 e. The molecule has 5 nitrogen and oxygen atoms in total. The summed E-state index contributed by atoms with van der Waals surface area (Å²) in [6.45, 7) is 2.91. The summed E-state index contributed by atoms with van der Waals surface area (Å²) < 4.78 is 5.95. The van der Waals surface area contributed by atoms with Gasteiger partial charge in [0.2, 0.25) is 5.91 Å². The van der Waals surface area contributed by atoms with Gasteiger partial charge in [0, 0.05) is 18.8 Å². The summed E-state index contributed by atoms with van der Waals surface area (Å²) >= 11 is 0. The van der Waals surface area contributed by atoms with Gasteiger partial charge in [-0.25, -0.2) is 0 Å². The van der Waals surface area contributed by atoms with Crippen LogP contribution < -0.4 is 10.1 Å². The van der Waals surface area contributed by atoms with Gasteiger partial charge in [-0.15, -0.1) is 0 Å². The molecule has 4 rings (SSSR count). The Labute approximate surface area is 172 Å². The average molecular weight is 392 g/mol. The highest BCUT2D eigenvalue weighted by Gasteiger charge is 2.31. The van der Waals surface area contributed by atoms with Crippen LogP contribution in [0.2, 0.25) is 0 Å². The Hall–Kier alpha value is -2.82. The van der Waals surface area contributed by atoms with Crippen molar-refractivity contribution in [2.75, 3.05) is 18.4 Å². The number of aryl methyl sites for hydroxylation is 2. The Morgan fingerprint density at radius 2 is 1.86 bits per heavy atom. The van der Waals surface area contributed by atoms with Gasteiger partial charge in [0.1, 0.15) is 5.75 Å². The number of ether oxygens (including phenoxy) is 1. The predicted molar refractivity (Wildman–Crippen MR) is 113 cm³/mol. The van der Waals surface area contributed by atoms with E-state index in [1.807, 2.05) is 36.4 Å². The van der Waals surface area contributed by atoms with Crippen LogP contribution in [0.3, 0.4) is 0 Å². The molecule has 2 atom stereocenters. The number of rotatable bonds is 5. The lowest BCUT2D eigenvalue weighted by molar-refractivity contribution is -0.140. The zero-order valence-corrected chi connectivity index (χ0v) is 16.9. The van der Waals surface area contributed by atoms with E-state index in [1.54, 1.807) is 11.8 Å². The maximum absolute atomic E-state index is 12.9. The number of nitrogens with zero attached hydrogens (tertiary/aromatic N) is 1. The van der Waals surface area contributed by atoms with Crippen molar-refractivity contribution in [3.63, 3.8) is 0 Å². The second-order valence-corrected chi connectivity index (χ2v) is 8.02. The highest BCUT2D eigenvalue weighted by Crippen LogP contribution is 2.27. The number of para-hydroxylation sites is 1. The van der Waals surface area contributed by atoms with E-state index in [0.29, 0.717) is 13.1 Å². The van der Waals surface area contributed by atoms with Crippen LogP contribution in [0.1, 0.15) is 37.3 Å². The number of hydrogen-bond donors (Lipinski definition) is 1. The Kier molecular flexibility index (Phi) is 5.84. The van der Waals surface area contributed by atoms with Crippen LogP contribution in [-0.2, 0) is 22.4 Å². The van der Waals surface area contributed by atoms with E-state index in [2.05, 4.69) is 17.4 Å². The smallest absolute Gasteiger partial charge is 0.263 e. The van der Waals surface area contributed by atoms with E-state index in [1.165, 1.54) is 17.5 Å². The number of carbonyl (C=O) groups is 2. The second-order valence-electron chi connectivity index (χ2n) is 8.02. The molecule has 1 N–H and O–H groups in total. The molecule has 1 aliphatic heterocycles. The first-order valence-corrected chi connectivity index (χ1v) is 10.5. The molecule has 1 aliphatic carbocycles. The van der Waals surface area contributed by atoms with Gasteiger partial charge in [-0.05, 0) is 74.4 Å². The molecule has 152 valence electrons. The molecule has 0 spiro atoms. The first-order valence-electron chi connectivity index (χ1n) is 10.5. The van der Waals surface area contributed by atoms with E-state index in [4.69, 9.17) is 4.74 Å². The maximum Gasteiger partial charge on any atom is 0.263 e. The number of likely N-dealkylation sites (tertiary alicyclic amines) is 1. The van der Waals surface area contributed by atoms with Gasteiger partial charge < -0.3 is 15.0 Å². The number of carbonyl (C=O) groups excluding carboxylic acids is 2. The lowest BCUT2D eigenvalue weighted by atomic mass is 9.96. The van der Waals surface area contributed by atoms with Crippen LogP contribution >= 0.6 is 0 Å². The third-order valence-corrected chi connectivity index (χ3v) is 5.88. The molecule has 29 heavy (non-hydrogen) atoms.